The Labute approximate surface area is 204 Å². The van der Waals surface area contributed by atoms with Crippen LogP contribution in [0.1, 0.15) is 17.7 Å². The van der Waals surface area contributed by atoms with E-state index in [1.54, 1.807) is 0 Å². The van der Waals surface area contributed by atoms with E-state index in [9.17, 15) is 0 Å². The molecule has 5 aromatic rings. The number of nitrogens with zero attached hydrogens (tertiary/aromatic N) is 5. The topological polar surface area (TPSA) is 103 Å². The molecule has 5 N–H and O–H groups in total. The monoisotopic (exact) mass is 467 g/mol. The van der Waals surface area contributed by atoms with Gasteiger partial charge in [-0.2, -0.15) is 10.2 Å². The maximum atomic E-state index is 6.33. The number of hydrogen-bond acceptors (Lipinski definition) is 5. The summed E-state index contributed by atoms with van der Waals surface area (Å²) < 4.78 is 3.95. The van der Waals surface area contributed by atoms with Gasteiger partial charge in [-0.3, -0.25) is 4.68 Å². The normalized spacial score (nSPS) is 14.1. The lowest BCUT2D eigenvalue weighted by Gasteiger charge is -2.22. The summed E-state index contributed by atoms with van der Waals surface area (Å²) in [6.07, 6.45) is 5.61. The van der Waals surface area contributed by atoms with Gasteiger partial charge in [-0.05, 0) is 42.6 Å². The molecule has 0 amide bonds. The quantitative estimate of drug-likeness (QED) is 0.288. The van der Waals surface area contributed by atoms with Gasteiger partial charge in [-0.15, -0.1) is 0 Å². The van der Waals surface area contributed by atoms with E-state index in [1.807, 2.05) is 15.3 Å². The van der Waals surface area contributed by atoms with Gasteiger partial charge in [0.1, 0.15) is 11.8 Å². The zero-order valence-electron chi connectivity index (χ0n) is 19.8. The van der Waals surface area contributed by atoms with Crippen molar-refractivity contribution in [2.75, 3.05) is 31.9 Å². The molecule has 3 aromatic heterocycles. The third kappa shape index (κ3) is 4.50. The van der Waals surface area contributed by atoms with E-state index in [0.29, 0.717) is 5.82 Å². The van der Waals surface area contributed by atoms with E-state index in [2.05, 4.69) is 75.4 Å². The lowest BCUT2D eigenvalue weighted by atomic mass is 10.0. The molecule has 0 atom stereocenters. The number of nitrogen functional groups attached to an aromatic ring is 1. The number of anilines is 1. The highest BCUT2D eigenvalue weighted by Gasteiger charge is 2.20. The Hall–Kier alpha value is -3.75. The lowest BCUT2D eigenvalue weighted by molar-refractivity contribution is -0.722. The maximum absolute atomic E-state index is 6.33. The molecule has 2 aromatic carbocycles. The molecule has 0 aliphatic carbocycles. The molecule has 0 radical (unpaired) electrons. The van der Waals surface area contributed by atoms with Gasteiger partial charge < -0.3 is 16.4 Å². The average molecular weight is 468 g/mol. The van der Waals surface area contributed by atoms with E-state index in [0.717, 1.165) is 71.6 Å². The highest BCUT2D eigenvalue weighted by atomic mass is 15.3. The zero-order chi connectivity index (χ0) is 23.6. The summed E-state index contributed by atoms with van der Waals surface area (Å²) in [7, 11) is 0. The van der Waals surface area contributed by atoms with Gasteiger partial charge in [0.05, 0.1) is 31.1 Å². The summed E-state index contributed by atoms with van der Waals surface area (Å²) in [4.78, 5) is 4.28. The van der Waals surface area contributed by atoms with Gasteiger partial charge in [0.15, 0.2) is 5.82 Å². The number of benzene rings is 2. The highest BCUT2D eigenvalue weighted by molar-refractivity contribution is 5.92. The minimum atomic E-state index is 0.496. The van der Waals surface area contributed by atoms with E-state index in [4.69, 9.17) is 10.8 Å². The van der Waals surface area contributed by atoms with Crippen molar-refractivity contribution in [2.45, 2.75) is 19.4 Å². The third-order valence-electron chi connectivity index (χ3n) is 6.93. The predicted octanol–water partition coefficient (Wildman–Crippen LogP) is 2.09. The molecule has 1 aliphatic heterocycles. The smallest absolute Gasteiger partial charge is 0.151 e. The van der Waals surface area contributed by atoms with Crippen LogP contribution >= 0.6 is 0 Å². The first-order valence-electron chi connectivity index (χ1n) is 12.4. The average Bonchev–Trinajstić information content (AvgIpc) is 3.42. The molecule has 8 nitrogen and oxygen atoms in total. The van der Waals surface area contributed by atoms with Crippen LogP contribution in [0.4, 0.5) is 5.82 Å². The van der Waals surface area contributed by atoms with Crippen LogP contribution in [-0.2, 0) is 13.0 Å². The van der Waals surface area contributed by atoms with Crippen LogP contribution in [0, 0.1) is 5.92 Å². The molecule has 4 heterocycles. The predicted molar refractivity (Wildman–Crippen MR) is 138 cm³/mol. The SMILES string of the molecule is Nc1ncnn2c(CCCNCC3C[NH2+]C3)cc(-c3ccc4cn(Cc5ccccc5)nc4c3)c12. The second kappa shape index (κ2) is 9.48. The van der Waals surface area contributed by atoms with Gasteiger partial charge in [-0.1, -0.05) is 42.5 Å². The van der Waals surface area contributed by atoms with Crippen molar-refractivity contribution in [3.63, 3.8) is 0 Å². The molecule has 178 valence electrons. The summed E-state index contributed by atoms with van der Waals surface area (Å²) >= 11 is 0. The number of rotatable bonds is 9. The minimum absolute atomic E-state index is 0.496. The van der Waals surface area contributed by atoms with Crippen LogP contribution in [0.25, 0.3) is 27.5 Å². The lowest BCUT2D eigenvalue weighted by Crippen LogP contribution is -2.97. The number of nitrogens with one attached hydrogen (secondary N) is 1. The third-order valence-corrected chi connectivity index (χ3v) is 6.93. The Kier molecular flexibility index (Phi) is 5.89. The Bertz CT molecular complexity index is 1450. The van der Waals surface area contributed by atoms with Crippen LogP contribution in [0.3, 0.4) is 0 Å². The Morgan fingerprint density at radius 2 is 1.97 bits per heavy atom. The Balaban J connectivity index is 1.25. The van der Waals surface area contributed by atoms with Gasteiger partial charge in [-0.25, -0.2) is 9.50 Å². The van der Waals surface area contributed by atoms with Gasteiger partial charge in [0.25, 0.3) is 0 Å². The molecule has 1 fully saturated rings. The van der Waals surface area contributed by atoms with Crippen molar-refractivity contribution in [1.82, 2.24) is 29.7 Å². The van der Waals surface area contributed by atoms with Crippen molar-refractivity contribution in [3.8, 4) is 11.1 Å². The first kappa shape index (κ1) is 21.8. The van der Waals surface area contributed by atoms with E-state index < -0.39 is 0 Å². The number of quaternary nitrogens is 1. The number of aryl methyl sites for hydroxylation is 1. The molecule has 35 heavy (non-hydrogen) atoms. The van der Waals surface area contributed by atoms with Crippen LogP contribution in [-0.4, -0.2) is 50.6 Å². The van der Waals surface area contributed by atoms with E-state index in [-0.39, 0.29) is 0 Å². The number of aromatic nitrogens is 5. The second-order valence-corrected chi connectivity index (χ2v) is 9.47. The number of nitrogens with two attached hydrogens (primary N) is 2. The summed E-state index contributed by atoms with van der Waals surface area (Å²) in [5, 5.41) is 16.4. The van der Waals surface area contributed by atoms with Gasteiger partial charge in [0.2, 0.25) is 0 Å². The molecular formula is C27H31N8+. The standard InChI is InChI=1S/C27H30N8/c28-27-26-24(12-23(35(26)32-18-31-27)7-4-10-29-13-20-14-30-15-20)21-8-9-22-17-34(33-25(22)11-21)16-19-5-2-1-3-6-19/h1-3,5-6,8-9,11-12,17-18,20,29-30H,4,7,10,13-16H2,(H2,28,31,32)/p+1. The Morgan fingerprint density at radius 1 is 1.09 bits per heavy atom. The highest BCUT2D eigenvalue weighted by Crippen LogP contribution is 2.32. The first-order chi connectivity index (χ1) is 17.2. The number of fused-ring (bicyclic) bond motifs is 2. The largest absolute Gasteiger partial charge is 0.382 e. The van der Waals surface area contributed by atoms with Crippen molar-refractivity contribution >= 4 is 22.2 Å². The molecule has 0 unspecified atom stereocenters. The van der Waals surface area contributed by atoms with Gasteiger partial charge in [0, 0.05) is 29.4 Å². The van der Waals surface area contributed by atoms with Gasteiger partial charge >= 0.3 is 0 Å². The van der Waals surface area contributed by atoms with Crippen LogP contribution in [0.5, 0.6) is 0 Å². The summed E-state index contributed by atoms with van der Waals surface area (Å²) in [6, 6.07) is 19.0. The van der Waals surface area contributed by atoms with Crippen molar-refractivity contribution in [3.05, 3.63) is 78.4 Å². The van der Waals surface area contributed by atoms with E-state index in [1.165, 1.54) is 25.0 Å². The van der Waals surface area contributed by atoms with Crippen LogP contribution in [0.2, 0.25) is 0 Å². The fraction of sp³-hybridized carbons (Fsp3) is 0.296. The van der Waals surface area contributed by atoms with Crippen molar-refractivity contribution in [1.29, 1.82) is 0 Å². The Morgan fingerprint density at radius 3 is 2.80 bits per heavy atom. The fourth-order valence-electron chi connectivity index (χ4n) is 4.89. The van der Waals surface area contributed by atoms with E-state index >= 15 is 0 Å². The summed E-state index contributed by atoms with van der Waals surface area (Å²) in [5.41, 5.74) is 12.7. The fourth-order valence-corrected chi connectivity index (χ4v) is 4.89. The molecule has 6 rings (SSSR count). The van der Waals surface area contributed by atoms with Crippen molar-refractivity contribution in [2.24, 2.45) is 5.92 Å². The first-order valence-corrected chi connectivity index (χ1v) is 12.4. The second-order valence-electron chi connectivity index (χ2n) is 9.47. The molecule has 1 aliphatic rings. The van der Waals surface area contributed by atoms with Crippen molar-refractivity contribution < 1.29 is 5.32 Å². The molecule has 1 saturated heterocycles. The number of hydrogen-bond donors (Lipinski definition) is 3. The van der Waals surface area contributed by atoms with Crippen LogP contribution in [0.15, 0.2) is 67.1 Å². The summed E-state index contributed by atoms with van der Waals surface area (Å²) in [5.74, 6) is 1.32. The minimum Gasteiger partial charge on any atom is -0.382 e. The van der Waals surface area contributed by atoms with Crippen LogP contribution < -0.4 is 16.4 Å². The molecule has 0 saturated carbocycles. The molecule has 8 heteroatoms. The zero-order valence-corrected chi connectivity index (χ0v) is 19.8. The summed E-state index contributed by atoms with van der Waals surface area (Å²) in [6.45, 7) is 5.38. The molecular weight excluding hydrogens is 436 g/mol. The molecule has 0 spiro atoms. The maximum Gasteiger partial charge on any atom is 0.151 e. The molecule has 0 bridgehead atoms.